The summed E-state index contributed by atoms with van der Waals surface area (Å²) in [7, 11) is 2.05. The van der Waals surface area contributed by atoms with Crippen LogP contribution in [0.15, 0.2) is 48.5 Å². The minimum Gasteiger partial charge on any atom is -0.316 e. The van der Waals surface area contributed by atoms with E-state index in [1.807, 2.05) is 0 Å². The Balaban J connectivity index is 1.58. The molecule has 5 heteroatoms. The predicted octanol–water partition coefficient (Wildman–Crippen LogP) is 3.35. The number of hydrogen-bond donors (Lipinski definition) is 3. The molecule has 0 aromatic heterocycles. The fourth-order valence-corrected chi connectivity index (χ4v) is 5.45. The maximum Gasteiger partial charge on any atom is 0.232 e. The Hall–Kier alpha value is -1.53. The zero-order valence-electron chi connectivity index (χ0n) is 15.8. The van der Waals surface area contributed by atoms with Crippen LogP contribution in [0.25, 0.3) is 0 Å². The van der Waals surface area contributed by atoms with Crippen molar-refractivity contribution in [2.45, 2.75) is 56.0 Å². The first kappa shape index (κ1) is 18.8. The molecule has 144 valence electrons. The molecular weight excluding hydrogens is 356 g/mol. The molecule has 3 N–H and O–H groups in total. The van der Waals surface area contributed by atoms with E-state index < -0.39 is 11.3 Å². The van der Waals surface area contributed by atoms with Crippen molar-refractivity contribution in [3.63, 3.8) is 0 Å². The van der Waals surface area contributed by atoms with Crippen LogP contribution in [0.4, 0.5) is 0 Å². The molecule has 4 rings (SSSR count). The maximum atomic E-state index is 11.3. The molecule has 0 saturated heterocycles. The van der Waals surface area contributed by atoms with Gasteiger partial charge in [0.05, 0.1) is 0 Å². The van der Waals surface area contributed by atoms with Crippen molar-refractivity contribution in [3.05, 3.63) is 70.8 Å². The van der Waals surface area contributed by atoms with Crippen LogP contribution < -0.4 is 10.0 Å². The summed E-state index contributed by atoms with van der Waals surface area (Å²) in [5.41, 5.74) is 5.29. The number of fused-ring (bicyclic) bond motifs is 1. The van der Waals surface area contributed by atoms with Crippen molar-refractivity contribution in [2.75, 3.05) is 7.05 Å². The van der Waals surface area contributed by atoms with Gasteiger partial charge in [0.2, 0.25) is 11.3 Å². The van der Waals surface area contributed by atoms with Gasteiger partial charge < -0.3 is 5.32 Å². The summed E-state index contributed by atoms with van der Waals surface area (Å²) < 4.78 is 23.5. The molecular formula is C22H28N2O2S. The average Bonchev–Trinajstić information content (AvgIpc) is 2.97. The second-order valence-electron chi connectivity index (χ2n) is 8.09. The van der Waals surface area contributed by atoms with Crippen molar-refractivity contribution >= 4 is 11.3 Å². The third kappa shape index (κ3) is 4.02. The van der Waals surface area contributed by atoms with Crippen LogP contribution in [0.2, 0.25) is 0 Å². The highest BCUT2D eigenvalue weighted by molar-refractivity contribution is 7.77. The summed E-state index contributed by atoms with van der Waals surface area (Å²) >= 11 is -1.96. The lowest BCUT2D eigenvalue weighted by atomic mass is 9.73. The van der Waals surface area contributed by atoms with Crippen LogP contribution in [-0.4, -0.2) is 27.4 Å². The Bertz CT molecular complexity index is 820. The molecule has 4 nitrogen and oxygen atoms in total. The maximum absolute atomic E-state index is 11.3. The second kappa shape index (κ2) is 7.84. The quantitative estimate of drug-likeness (QED) is 0.642. The molecule has 3 atom stereocenters. The minimum absolute atomic E-state index is 0.218. The zero-order chi connectivity index (χ0) is 18.9. The standard InChI is InChI=1S/C22H28N2O2S/c1-23-21-14-18-9-8-17(15-22(10-5-11-22)24-27(25)26)13-19(18)20(21)12-16-6-3-2-4-7-16/h2-4,6-9,13,20-21,23-24H,5,10-12,14-15H2,1H3,(H,25,26). The lowest BCUT2D eigenvalue weighted by Crippen LogP contribution is -2.53. The van der Waals surface area contributed by atoms with Gasteiger partial charge in [0, 0.05) is 17.5 Å². The molecule has 2 aromatic rings. The van der Waals surface area contributed by atoms with E-state index in [4.69, 9.17) is 0 Å². The van der Waals surface area contributed by atoms with Gasteiger partial charge in [-0.05, 0) is 67.8 Å². The first-order chi connectivity index (χ1) is 13.1. The molecule has 2 aromatic carbocycles. The third-order valence-electron chi connectivity index (χ3n) is 6.36. The molecule has 0 aliphatic heterocycles. The van der Waals surface area contributed by atoms with Crippen LogP contribution >= 0.6 is 0 Å². The Kier molecular flexibility index (Phi) is 5.46. The van der Waals surface area contributed by atoms with E-state index in [0.29, 0.717) is 12.0 Å². The topological polar surface area (TPSA) is 61.4 Å². The highest BCUT2D eigenvalue weighted by Gasteiger charge is 2.39. The molecule has 2 aliphatic carbocycles. The summed E-state index contributed by atoms with van der Waals surface area (Å²) in [5.74, 6) is 0.463. The van der Waals surface area contributed by atoms with Crippen molar-refractivity contribution in [3.8, 4) is 0 Å². The summed E-state index contributed by atoms with van der Waals surface area (Å²) in [6.45, 7) is 0. The molecule has 27 heavy (non-hydrogen) atoms. The number of nitrogens with one attached hydrogen (secondary N) is 2. The van der Waals surface area contributed by atoms with E-state index in [1.54, 1.807) is 0 Å². The molecule has 2 aliphatic rings. The van der Waals surface area contributed by atoms with E-state index in [2.05, 4.69) is 65.6 Å². The van der Waals surface area contributed by atoms with E-state index in [0.717, 1.165) is 38.5 Å². The largest absolute Gasteiger partial charge is 0.316 e. The Labute approximate surface area is 164 Å². The average molecular weight is 385 g/mol. The van der Waals surface area contributed by atoms with Crippen LogP contribution in [0.3, 0.4) is 0 Å². The normalized spacial score (nSPS) is 24.2. The Morgan fingerprint density at radius 1 is 1.15 bits per heavy atom. The summed E-state index contributed by atoms with van der Waals surface area (Å²) in [5, 5.41) is 3.51. The van der Waals surface area contributed by atoms with Gasteiger partial charge in [0.1, 0.15) is 0 Å². The minimum atomic E-state index is -1.96. The van der Waals surface area contributed by atoms with Crippen molar-refractivity contribution in [1.82, 2.24) is 10.0 Å². The molecule has 1 fully saturated rings. The number of benzene rings is 2. The van der Waals surface area contributed by atoms with Gasteiger partial charge in [-0.2, -0.15) is 0 Å². The van der Waals surface area contributed by atoms with E-state index in [-0.39, 0.29) is 5.54 Å². The molecule has 0 spiro atoms. The number of likely N-dealkylation sites (N-methyl/N-ethyl adjacent to an activating group) is 1. The highest BCUT2D eigenvalue weighted by atomic mass is 32.2. The number of hydrogen-bond acceptors (Lipinski definition) is 2. The van der Waals surface area contributed by atoms with Crippen LogP contribution in [0.5, 0.6) is 0 Å². The van der Waals surface area contributed by atoms with Gasteiger partial charge in [-0.15, -0.1) is 0 Å². The molecule has 0 heterocycles. The third-order valence-corrected chi connectivity index (χ3v) is 6.97. The highest BCUT2D eigenvalue weighted by Crippen LogP contribution is 2.39. The first-order valence-electron chi connectivity index (χ1n) is 9.80. The predicted molar refractivity (Wildman–Crippen MR) is 110 cm³/mol. The fraction of sp³-hybridized carbons (Fsp3) is 0.455. The van der Waals surface area contributed by atoms with Gasteiger partial charge in [0.25, 0.3) is 0 Å². The first-order valence-corrected chi connectivity index (χ1v) is 10.9. The van der Waals surface area contributed by atoms with Gasteiger partial charge >= 0.3 is 0 Å². The van der Waals surface area contributed by atoms with Gasteiger partial charge in [-0.3, -0.25) is 4.55 Å². The van der Waals surface area contributed by atoms with E-state index in [1.165, 1.54) is 22.3 Å². The van der Waals surface area contributed by atoms with Crippen molar-refractivity contribution < 1.29 is 8.76 Å². The SMILES string of the molecule is CNC1Cc2ccc(CC3(NS(=O)O)CCC3)cc2C1Cc1ccccc1. The van der Waals surface area contributed by atoms with Crippen molar-refractivity contribution in [1.29, 1.82) is 0 Å². The second-order valence-corrected chi connectivity index (χ2v) is 8.79. The monoisotopic (exact) mass is 384 g/mol. The summed E-state index contributed by atoms with van der Waals surface area (Å²) in [4.78, 5) is 0. The van der Waals surface area contributed by atoms with Crippen LogP contribution in [-0.2, 0) is 30.5 Å². The molecule has 3 unspecified atom stereocenters. The number of rotatable bonds is 7. The molecule has 0 amide bonds. The summed E-state index contributed by atoms with van der Waals surface area (Å²) in [6, 6.07) is 18.0. The lowest BCUT2D eigenvalue weighted by molar-refractivity contribution is 0.219. The van der Waals surface area contributed by atoms with Gasteiger partial charge in [0.15, 0.2) is 0 Å². The van der Waals surface area contributed by atoms with Crippen molar-refractivity contribution in [2.24, 2.45) is 0 Å². The molecule has 1 saturated carbocycles. The fourth-order valence-electron chi connectivity index (χ4n) is 4.80. The Morgan fingerprint density at radius 2 is 1.93 bits per heavy atom. The molecule has 0 bridgehead atoms. The Morgan fingerprint density at radius 3 is 2.56 bits per heavy atom. The van der Waals surface area contributed by atoms with Gasteiger partial charge in [-0.25, -0.2) is 8.93 Å². The van der Waals surface area contributed by atoms with Crippen LogP contribution in [0, 0.1) is 0 Å². The zero-order valence-corrected chi connectivity index (χ0v) is 16.6. The summed E-state index contributed by atoms with van der Waals surface area (Å²) in [6.07, 6.45) is 5.95. The lowest BCUT2D eigenvalue weighted by Gasteiger charge is -2.41. The molecule has 0 radical (unpaired) electrons. The van der Waals surface area contributed by atoms with E-state index >= 15 is 0 Å². The smallest absolute Gasteiger partial charge is 0.232 e. The van der Waals surface area contributed by atoms with Gasteiger partial charge in [-0.1, -0.05) is 48.5 Å². The van der Waals surface area contributed by atoms with E-state index in [9.17, 15) is 8.76 Å². The van der Waals surface area contributed by atoms with Crippen LogP contribution in [0.1, 0.15) is 47.4 Å².